The molecule has 2 heterocycles. The number of carbonyl (C=O) groups excluding carboxylic acids is 2. The molecule has 32 heavy (non-hydrogen) atoms. The number of likely N-dealkylation sites (tertiary alicyclic amines) is 1. The summed E-state index contributed by atoms with van der Waals surface area (Å²) >= 11 is 0. The van der Waals surface area contributed by atoms with Gasteiger partial charge in [-0.3, -0.25) is 9.69 Å². The van der Waals surface area contributed by atoms with Crippen LogP contribution in [0.2, 0.25) is 0 Å². The second kappa shape index (κ2) is 9.69. The maximum atomic E-state index is 13.1. The van der Waals surface area contributed by atoms with Crippen LogP contribution in [0.1, 0.15) is 29.1 Å². The van der Waals surface area contributed by atoms with Gasteiger partial charge < -0.3 is 14.6 Å². The number of carbonyl (C=O) groups is 2. The van der Waals surface area contributed by atoms with Crippen LogP contribution >= 0.6 is 0 Å². The van der Waals surface area contributed by atoms with E-state index in [9.17, 15) is 14.0 Å². The number of aromatic nitrogens is 2. The minimum absolute atomic E-state index is 0.103. The summed E-state index contributed by atoms with van der Waals surface area (Å²) in [6, 6.07) is 12.6. The van der Waals surface area contributed by atoms with E-state index in [0.717, 1.165) is 19.4 Å². The van der Waals surface area contributed by atoms with Crippen LogP contribution in [0.25, 0.3) is 11.4 Å². The molecule has 0 spiro atoms. The highest BCUT2D eigenvalue weighted by molar-refractivity contribution is 5.95. The van der Waals surface area contributed by atoms with E-state index in [-0.39, 0.29) is 17.6 Å². The third-order valence-electron chi connectivity index (χ3n) is 5.36. The average molecular weight is 438 g/mol. The number of methoxy groups -OCH3 is 1. The number of benzene rings is 2. The van der Waals surface area contributed by atoms with E-state index in [0.29, 0.717) is 41.6 Å². The molecule has 8 nitrogen and oxygen atoms in total. The predicted molar refractivity (Wildman–Crippen MR) is 114 cm³/mol. The zero-order valence-electron chi connectivity index (χ0n) is 17.6. The van der Waals surface area contributed by atoms with Crippen LogP contribution < -0.4 is 5.32 Å². The Labute approximate surface area is 184 Å². The number of hydrogen-bond acceptors (Lipinski definition) is 7. The van der Waals surface area contributed by atoms with Crippen molar-refractivity contribution in [2.45, 2.75) is 19.4 Å². The molecule has 0 saturated carbocycles. The predicted octanol–water partition coefficient (Wildman–Crippen LogP) is 3.51. The van der Waals surface area contributed by atoms with Gasteiger partial charge in [0.2, 0.25) is 17.6 Å². The lowest BCUT2D eigenvalue weighted by atomic mass is 9.97. The van der Waals surface area contributed by atoms with Gasteiger partial charge in [0, 0.05) is 17.8 Å². The van der Waals surface area contributed by atoms with Gasteiger partial charge in [-0.25, -0.2) is 9.18 Å². The number of rotatable bonds is 6. The van der Waals surface area contributed by atoms with E-state index in [1.54, 1.807) is 36.4 Å². The summed E-state index contributed by atoms with van der Waals surface area (Å²) in [4.78, 5) is 31.0. The zero-order chi connectivity index (χ0) is 22.5. The number of ether oxygens (including phenoxy) is 1. The summed E-state index contributed by atoms with van der Waals surface area (Å²) in [5.74, 6) is -0.246. The molecular formula is C23H23FN4O4. The molecule has 1 fully saturated rings. The van der Waals surface area contributed by atoms with Crippen molar-refractivity contribution in [1.82, 2.24) is 15.0 Å². The number of nitrogens with one attached hydrogen (secondary N) is 1. The Morgan fingerprint density at radius 1 is 1.25 bits per heavy atom. The van der Waals surface area contributed by atoms with E-state index in [4.69, 9.17) is 9.26 Å². The van der Waals surface area contributed by atoms with Gasteiger partial charge in [0.1, 0.15) is 5.82 Å². The van der Waals surface area contributed by atoms with Crippen LogP contribution in [0.15, 0.2) is 53.1 Å². The molecule has 1 aromatic heterocycles. The summed E-state index contributed by atoms with van der Waals surface area (Å²) in [6.45, 7) is 1.79. The molecule has 0 radical (unpaired) electrons. The van der Waals surface area contributed by atoms with Gasteiger partial charge in [0.25, 0.3) is 0 Å². The Morgan fingerprint density at radius 2 is 2.06 bits per heavy atom. The van der Waals surface area contributed by atoms with Gasteiger partial charge in [-0.1, -0.05) is 11.2 Å². The monoisotopic (exact) mass is 438 g/mol. The van der Waals surface area contributed by atoms with Crippen LogP contribution in [0, 0.1) is 11.7 Å². The number of nitrogens with zero attached hydrogens (tertiary/aromatic N) is 3. The molecular weight excluding hydrogens is 415 g/mol. The molecule has 166 valence electrons. The largest absolute Gasteiger partial charge is 0.465 e. The number of hydrogen-bond donors (Lipinski definition) is 1. The third-order valence-corrected chi connectivity index (χ3v) is 5.36. The number of halogens is 1. The van der Waals surface area contributed by atoms with Gasteiger partial charge in [0.05, 0.1) is 25.1 Å². The highest BCUT2D eigenvalue weighted by Gasteiger charge is 2.27. The first-order valence-electron chi connectivity index (χ1n) is 10.3. The smallest absolute Gasteiger partial charge is 0.337 e. The van der Waals surface area contributed by atoms with Gasteiger partial charge in [0.15, 0.2) is 0 Å². The molecule has 1 aliphatic rings. The summed E-state index contributed by atoms with van der Waals surface area (Å²) in [5.41, 5.74) is 1.60. The fourth-order valence-corrected chi connectivity index (χ4v) is 3.73. The van der Waals surface area contributed by atoms with Crippen molar-refractivity contribution in [3.63, 3.8) is 0 Å². The van der Waals surface area contributed by atoms with Crippen molar-refractivity contribution >= 4 is 17.6 Å². The first-order chi connectivity index (χ1) is 15.5. The molecule has 1 atom stereocenters. The van der Waals surface area contributed by atoms with Gasteiger partial charge in [-0.05, 0) is 61.9 Å². The minimum atomic E-state index is -0.454. The van der Waals surface area contributed by atoms with Crippen molar-refractivity contribution < 1.29 is 23.2 Å². The second-order valence-electron chi connectivity index (χ2n) is 7.65. The zero-order valence-corrected chi connectivity index (χ0v) is 17.6. The van der Waals surface area contributed by atoms with Crippen molar-refractivity contribution in [3.05, 3.63) is 65.8 Å². The normalized spacial score (nSPS) is 16.5. The number of esters is 1. The van der Waals surface area contributed by atoms with Gasteiger partial charge in [-0.15, -0.1) is 0 Å². The molecule has 1 N–H and O–H groups in total. The molecule has 9 heteroatoms. The van der Waals surface area contributed by atoms with Crippen molar-refractivity contribution in [2.75, 3.05) is 25.5 Å². The lowest BCUT2D eigenvalue weighted by molar-refractivity contribution is -0.121. The summed E-state index contributed by atoms with van der Waals surface area (Å²) in [5, 5.41) is 6.86. The van der Waals surface area contributed by atoms with Crippen LogP contribution in [0.3, 0.4) is 0 Å². The van der Waals surface area contributed by atoms with Crippen LogP contribution in [-0.4, -0.2) is 47.1 Å². The van der Waals surface area contributed by atoms with E-state index in [1.807, 2.05) is 0 Å². The van der Waals surface area contributed by atoms with Crippen LogP contribution in [0.4, 0.5) is 10.1 Å². The molecule has 3 aromatic rings. The molecule has 1 amide bonds. The van der Waals surface area contributed by atoms with Crippen molar-refractivity contribution in [1.29, 1.82) is 0 Å². The van der Waals surface area contributed by atoms with Gasteiger partial charge in [-0.2, -0.15) is 4.98 Å². The molecule has 2 aromatic carbocycles. The molecule has 0 aliphatic carbocycles. The summed E-state index contributed by atoms with van der Waals surface area (Å²) < 4.78 is 23.2. The lowest BCUT2D eigenvalue weighted by Crippen LogP contribution is -2.40. The van der Waals surface area contributed by atoms with Crippen molar-refractivity contribution in [3.8, 4) is 11.4 Å². The third kappa shape index (κ3) is 5.17. The van der Waals surface area contributed by atoms with Crippen LogP contribution in [0.5, 0.6) is 0 Å². The summed E-state index contributed by atoms with van der Waals surface area (Å²) in [7, 11) is 1.32. The highest BCUT2D eigenvalue weighted by atomic mass is 19.1. The topological polar surface area (TPSA) is 97.6 Å². The number of amides is 1. The first-order valence-corrected chi connectivity index (χ1v) is 10.3. The number of piperidine rings is 1. The maximum Gasteiger partial charge on any atom is 0.337 e. The Kier molecular flexibility index (Phi) is 6.55. The Bertz CT molecular complexity index is 1100. The molecule has 0 bridgehead atoms. The van der Waals surface area contributed by atoms with Gasteiger partial charge >= 0.3 is 5.97 Å². The molecule has 1 saturated heterocycles. The van der Waals surface area contributed by atoms with E-state index in [2.05, 4.69) is 20.4 Å². The maximum absolute atomic E-state index is 13.1. The average Bonchev–Trinajstić information content (AvgIpc) is 3.27. The fraction of sp³-hybridized carbons (Fsp3) is 0.304. The highest BCUT2D eigenvalue weighted by Crippen LogP contribution is 2.22. The van der Waals surface area contributed by atoms with Crippen LogP contribution in [-0.2, 0) is 16.1 Å². The van der Waals surface area contributed by atoms with E-state index >= 15 is 0 Å². The Balaban J connectivity index is 1.36. The summed E-state index contributed by atoms with van der Waals surface area (Å²) in [6.07, 6.45) is 1.63. The first kappa shape index (κ1) is 21.6. The second-order valence-corrected chi connectivity index (χ2v) is 7.65. The molecule has 1 aliphatic heterocycles. The quantitative estimate of drug-likeness (QED) is 0.588. The molecule has 1 unspecified atom stereocenters. The standard InChI is InChI=1S/C23H23FN4O4/c1-31-23(30)16-4-2-6-19(12-16)25-22(29)17-5-3-11-28(13-17)14-20-26-21(27-32-20)15-7-9-18(24)10-8-15/h2,4,6-10,12,17H,3,5,11,13-14H2,1H3,(H,25,29). The molecule has 4 rings (SSSR count). The van der Waals surface area contributed by atoms with E-state index in [1.165, 1.54) is 19.2 Å². The SMILES string of the molecule is COC(=O)c1cccc(NC(=O)C2CCCN(Cc3nc(-c4ccc(F)cc4)no3)C2)c1. The number of anilines is 1. The Hall–Kier alpha value is -3.59. The minimum Gasteiger partial charge on any atom is -0.465 e. The lowest BCUT2D eigenvalue weighted by Gasteiger charge is -2.30. The Morgan fingerprint density at radius 3 is 2.84 bits per heavy atom. The van der Waals surface area contributed by atoms with E-state index < -0.39 is 5.97 Å². The fourth-order valence-electron chi connectivity index (χ4n) is 3.73. The van der Waals surface area contributed by atoms with Crippen molar-refractivity contribution in [2.24, 2.45) is 5.92 Å².